The zero-order chi connectivity index (χ0) is 14.9. The van der Waals surface area contributed by atoms with E-state index in [-0.39, 0.29) is 12.7 Å². The number of benzene rings is 1. The van der Waals surface area contributed by atoms with Crippen molar-refractivity contribution in [1.82, 2.24) is 5.32 Å². The summed E-state index contributed by atoms with van der Waals surface area (Å²) in [6, 6.07) is 2.16. The Morgan fingerprint density at radius 1 is 1.35 bits per heavy atom. The maximum Gasteiger partial charge on any atom is 0.326 e. The van der Waals surface area contributed by atoms with Crippen LogP contribution in [0.15, 0.2) is 16.6 Å². The number of aliphatic carboxylic acids is 1. The van der Waals surface area contributed by atoms with Crippen molar-refractivity contribution >= 4 is 27.8 Å². The van der Waals surface area contributed by atoms with E-state index in [4.69, 9.17) is 14.6 Å². The van der Waals surface area contributed by atoms with Crippen molar-refractivity contribution in [2.24, 2.45) is 5.92 Å². The number of halogens is 1. The number of hydrogen-bond acceptors (Lipinski definition) is 4. The van der Waals surface area contributed by atoms with Gasteiger partial charge in [0.25, 0.3) is 5.91 Å². The molecule has 1 amide bonds. The third-order valence-corrected chi connectivity index (χ3v) is 3.50. The van der Waals surface area contributed by atoms with Gasteiger partial charge in [0, 0.05) is 5.56 Å². The third kappa shape index (κ3) is 2.87. The predicted molar refractivity (Wildman–Crippen MR) is 74.0 cm³/mol. The number of rotatable bonds is 4. The van der Waals surface area contributed by atoms with Crippen LogP contribution in [-0.4, -0.2) is 29.8 Å². The Morgan fingerprint density at radius 2 is 2.05 bits per heavy atom. The van der Waals surface area contributed by atoms with Crippen molar-refractivity contribution in [3.05, 3.63) is 22.2 Å². The summed E-state index contributed by atoms with van der Waals surface area (Å²) in [7, 11) is 0. The Morgan fingerprint density at radius 3 is 2.65 bits per heavy atom. The molecular weight excluding hydrogens is 330 g/mol. The van der Waals surface area contributed by atoms with Crippen LogP contribution in [0.25, 0.3) is 0 Å². The second kappa shape index (κ2) is 5.70. The van der Waals surface area contributed by atoms with Crippen LogP contribution in [0.2, 0.25) is 0 Å². The van der Waals surface area contributed by atoms with Gasteiger partial charge in [-0.2, -0.15) is 0 Å². The van der Waals surface area contributed by atoms with Gasteiger partial charge in [-0.15, -0.1) is 0 Å². The first-order valence-corrected chi connectivity index (χ1v) is 6.82. The lowest BCUT2D eigenvalue weighted by atomic mass is 10.0. The lowest BCUT2D eigenvalue weighted by Gasteiger charge is -2.18. The van der Waals surface area contributed by atoms with Crippen LogP contribution in [0, 0.1) is 5.92 Å². The van der Waals surface area contributed by atoms with E-state index >= 15 is 0 Å². The number of fused-ring (bicyclic) bond motifs is 1. The number of carboxylic acid groups (broad SMARTS) is 1. The molecule has 2 rings (SSSR count). The van der Waals surface area contributed by atoms with Crippen molar-refractivity contribution in [2.75, 3.05) is 6.79 Å². The van der Waals surface area contributed by atoms with E-state index in [1.165, 1.54) is 6.07 Å². The number of hydrogen-bond donors (Lipinski definition) is 2. The summed E-state index contributed by atoms with van der Waals surface area (Å²) < 4.78 is 11.0. The molecule has 1 atom stereocenters. The molecular formula is C13H14BrNO5. The molecule has 0 bridgehead atoms. The van der Waals surface area contributed by atoms with Gasteiger partial charge in [0.1, 0.15) is 6.04 Å². The van der Waals surface area contributed by atoms with Crippen molar-refractivity contribution < 1.29 is 24.2 Å². The zero-order valence-corrected chi connectivity index (χ0v) is 12.6. The predicted octanol–water partition coefficient (Wildman–Crippen LogP) is 2.02. The normalized spacial score (nSPS) is 14.2. The third-order valence-electron chi connectivity index (χ3n) is 2.91. The van der Waals surface area contributed by atoms with Crippen LogP contribution in [0.3, 0.4) is 0 Å². The van der Waals surface area contributed by atoms with Gasteiger partial charge in [0.05, 0.1) is 4.47 Å². The summed E-state index contributed by atoms with van der Waals surface area (Å²) in [5.74, 6) is -0.742. The molecule has 1 aliphatic heterocycles. The summed E-state index contributed by atoms with van der Waals surface area (Å²) >= 11 is 3.29. The van der Waals surface area contributed by atoms with Crippen molar-refractivity contribution in [3.63, 3.8) is 0 Å². The van der Waals surface area contributed by atoms with E-state index in [0.717, 1.165) is 0 Å². The molecule has 0 radical (unpaired) electrons. The molecule has 1 aromatic carbocycles. The average molecular weight is 344 g/mol. The lowest BCUT2D eigenvalue weighted by Crippen LogP contribution is -2.44. The topological polar surface area (TPSA) is 84.9 Å². The minimum atomic E-state index is -1.06. The maximum absolute atomic E-state index is 12.1. The van der Waals surface area contributed by atoms with E-state index in [2.05, 4.69) is 21.2 Å². The summed E-state index contributed by atoms with van der Waals surface area (Å²) in [4.78, 5) is 23.2. The van der Waals surface area contributed by atoms with Gasteiger partial charge in [-0.3, -0.25) is 4.79 Å². The van der Waals surface area contributed by atoms with Gasteiger partial charge in [-0.25, -0.2) is 4.79 Å². The van der Waals surface area contributed by atoms with Gasteiger partial charge >= 0.3 is 5.97 Å². The first-order valence-electron chi connectivity index (χ1n) is 6.03. The summed E-state index contributed by atoms with van der Waals surface area (Å²) in [6.45, 7) is 3.56. The molecule has 0 spiro atoms. The highest BCUT2D eigenvalue weighted by molar-refractivity contribution is 9.10. The minimum Gasteiger partial charge on any atom is -0.480 e. The monoisotopic (exact) mass is 343 g/mol. The van der Waals surface area contributed by atoms with Crippen LogP contribution in [0.4, 0.5) is 0 Å². The molecule has 0 saturated heterocycles. The van der Waals surface area contributed by atoms with E-state index < -0.39 is 17.9 Å². The molecule has 0 aromatic heterocycles. The number of ether oxygens (including phenoxy) is 2. The molecule has 0 unspecified atom stereocenters. The minimum absolute atomic E-state index is 0.1000. The highest BCUT2D eigenvalue weighted by atomic mass is 79.9. The van der Waals surface area contributed by atoms with Crippen LogP contribution in [0.5, 0.6) is 11.5 Å². The Balaban J connectivity index is 2.22. The standard InChI is InChI=1S/C13H14BrNO5/c1-6(2)10(13(17)18)15-12(16)7-3-8(14)11-9(4-7)19-5-20-11/h3-4,6,10H,5H2,1-2H3,(H,15,16)(H,17,18)/t10-/m0/s1. The van der Waals surface area contributed by atoms with Crippen molar-refractivity contribution in [3.8, 4) is 11.5 Å². The fourth-order valence-electron chi connectivity index (χ4n) is 1.84. The smallest absolute Gasteiger partial charge is 0.326 e. The van der Waals surface area contributed by atoms with Crippen LogP contribution in [0.1, 0.15) is 24.2 Å². The fraction of sp³-hybridized carbons (Fsp3) is 0.385. The number of carbonyl (C=O) groups is 2. The second-order valence-corrected chi connectivity index (χ2v) is 5.58. The van der Waals surface area contributed by atoms with E-state index in [1.807, 2.05) is 0 Å². The quantitative estimate of drug-likeness (QED) is 0.873. The van der Waals surface area contributed by atoms with Gasteiger partial charge in [0.2, 0.25) is 6.79 Å². The molecule has 2 N–H and O–H groups in total. The van der Waals surface area contributed by atoms with Gasteiger partial charge in [0.15, 0.2) is 11.5 Å². The number of carbonyl (C=O) groups excluding carboxylic acids is 1. The first-order chi connectivity index (χ1) is 9.40. The van der Waals surface area contributed by atoms with E-state index in [0.29, 0.717) is 21.5 Å². The molecule has 108 valence electrons. The second-order valence-electron chi connectivity index (χ2n) is 4.73. The molecule has 1 aromatic rings. The molecule has 7 heteroatoms. The van der Waals surface area contributed by atoms with Crippen LogP contribution in [-0.2, 0) is 4.79 Å². The Bertz CT molecular complexity index is 558. The molecule has 6 nitrogen and oxygen atoms in total. The SMILES string of the molecule is CC(C)[C@H](NC(=O)c1cc(Br)c2c(c1)OCO2)C(=O)O. The molecule has 20 heavy (non-hydrogen) atoms. The number of amides is 1. The molecule has 1 heterocycles. The highest BCUT2D eigenvalue weighted by Crippen LogP contribution is 2.39. The molecule has 0 saturated carbocycles. The lowest BCUT2D eigenvalue weighted by molar-refractivity contribution is -0.140. The van der Waals surface area contributed by atoms with E-state index in [1.54, 1.807) is 19.9 Å². The van der Waals surface area contributed by atoms with Crippen LogP contribution >= 0.6 is 15.9 Å². The van der Waals surface area contributed by atoms with Gasteiger partial charge < -0.3 is 19.9 Å². The fourth-order valence-corrected chi connectivity index (χ4v) is 2.39. The molecule has 0 fully saturated rings. The van der Waals surface area contributed by atoms with Gasteiger partial charge in [-0.05, 0) is 34.0 Å². The van der Waals surface area contributed by atoms with Crippen LogP contribution < -0.4 is 14.8 Å². The molecule has 1 aliphatic rings. The van der Waals surface area contributed by atoms with Gasteiger partial charge in [-0.1, -0.05) is 13.8 Å². The first kappa shape index (κ1) is 14.6. The maximum atomic E-state index is 12.1. The summed E-state index contributed by atoms with van der Waals surface area (Å²) in [5.41, 5.74) is 0.313. The average Bonchev–Trinajstić information content (AvgIpc) is 2.83. The van der Waals surface area contributed by atoms with Crippen molar-refractivity contribution in [2.45, 2.75) is 19.9 Å². The zero-order valence-electron chi connectivity index (χ0n) is 11.0. The Labute approximate surface area is 124 Å². The number of nitrogens with one attached hydrogen (secondary N) is 1. The van der Waals surface area contributed by atoms with E-state index in [9.17, 15) is 9.59 Å². The number of carboxylic acids is 1. The van der Waals surface area contributed by atoms with Crippen molar-refractivity contribution in [1.29, 1.82) is 0 Å². The summed E-state index contributed by atoms with van der Waals surface area (Å²) in [5, 5.41) is 11.6. The Hall–Kier alpha value is -1.76. The highest BCUT2D eigenvalue weighted by Gasteiger charge is 2.26. The Kier molecular flexibility index (Phi) is 4.17. The molecule has 0 aliphatic carbocycles. The largest absolute Gasteiger partial charge is 0.480 e. The summed E-state index contributed by atoms with van der Waals surface area (Å²) in [6.07, 6.45) is 0.